The van der Waals surface area contributed by atoms with E-state index in [-0.39, 0.29) is 17.4 Å². The Balaban J connectivity index is 2.21. The number of amides is 1. The second kappa shape index (κ2) is 9.06. The summed E-state index contributed by atoms with van der Waals surface area (Å²) in [5.74, 6) is -1.01. The Morgan fingerprint density at radius 3 is 1.84 bits per heavy atom. The fourth-order valence-electron chi connectivity index (χ4n) is 3.40. The van der Waals surface area contributed by atoms with Crippen LogP contribution in [0.25, 0.3) is 0 Å². The molecule has 0 spiro atoms. The molecule has 0 radical (unpaired) electrons. The van der Waals surface area contributed by atoms with Crippen molar-refractivity contribution in [1.29, 1.82) is 0 Å². The third kappa shape index (κ3) is 4.86. The van der Waals surface area contributed by atoms with E-state index in [9.17, 15) is 24.6 Å². The number of carbonyl (C=O) groups is 3. The lowest BCUT2D eigenvalue weighted by molar-refractivity contribution is -0.123. The summed E-state index contributed by atoms with van der Waals surface area (Å²) in [5, 5.41) is 24.1. The van der Waals surface area contributed by atoms with Gasteiger partial charge in [-0.2, -0.15) is 0 Å². The van der Waals surface area contributed by atoms with Gasteiger partial charge in [0.1, 0.15) is 24.1 Å². The predicted octanol–water partition coefficient (Wildman–Crippen LogP) is 4.89. The van der Waals surface area contributed by atoms with E-state index in [1.54, 1.807) is 57.2 Å². The van der Waals surface area contributed by atoms with Crippen LogP contribution in [0.3, 0.4) is 0 Å². The molecule has 0 atom stereocenters. The minimum absolute atomic E-state index is 0.0689. The first-order valence-corrected chi connectivity index (χ1v) is 10.1. The molecule has 1 amide bonds. The molecular formula is C26H25NO5. The molecule has 0 bridgehead atoms. The monoisotopic (exact) mass is 431 g/mol. The molecule has 0 aliphatic heterocycles. The fraction of sp³-hybridized carbons (Fsp3) is 0.192. The summed E-state index contributed by atoms with van der Waals surface area (Å²) >= 11 is 0. The van der Waals surface area contributed by atoms with Gasteiger partial charge in [-0.1, -0.05) is 32.9 Å². The fourth-order valence-corrected chi connectivity index (χ4v) is 3.40. The van der Waals surface area contributed by atoms with Crippen molar-refractivity contribution in [3.05, 3.63) is 88.5 Å². The molecule has 0 unspecified atom stereocenters. The minimum atomic E-state index is -0.707. The second-order valence-electron chi connectivity index (χ2n) is 8.63. The molecule has 0 heterocycles. The third-order valence-electron chi connectivity index (χ3n) is 5.16. The van der Waals surface area contributed by atoms with E-state index >= 15 is 0 Å². The van der Waals surface area contributed by atoms with Crippen LogP contribution in [0.4, 0.5) is 5.69 Å². The number of phenolic OH excluding ortho intramolecular Hbond substituents is 2. The summed E-state index contributed by atoms with van der Waals surface area (Å²) in [7, 11) is 0. The highest BCUT2D eigenvalue weighted by molar-refractivity contribution is 5.94. The van der Waals surface area contributed by atoms with E-state index in [0.29, 0.717) is 46.1 Å². The molecule has 0 saturated carbocycles. The third-order valence-corrected chi connectivity index (χ3v) is 5.16. The maximum Gasteiger partial charge on any atom is 0.229 e. The average Bonchev–Trinajstić information content (AvgIpc) is 2.76. The van der Waals surface area contributed by atoms with Crippen molar-refractivity contribution in [3.8, 4) is 11.5 Å². The van der Waals surface area contributed by atoms with E-state index in [1.165, 1.54) is 24.3 Å². The Hall–Kier alpha value is -3.93. The minimum Gasteiger partial charge on any atom is -0.508 e. The van der Waals surface area contributed by atoms with Crippen molar-refractivity contribution in [2.24, 2.45) is 5.41 Å². The van der Waals surface area contributed by atoms with Gasteiger partial charge in [0.25, 0.3) is 0 Å². The van der Waals surface area contributed by atoms with E-state index in [0.717, 1.165) is 0 Å². The van der Waals surface area contributed by atoms with E-state index < -0.39 is 11.3 Å². The van der Waals surface area contributed by atoms with Crippen LogP contribution in [0, 0.1) is 5.41 Å². The van der Waals surface area contributed by atoms with Gasteiger partial charge in [0.05, 0.1) is 0 Å². The van der Waals surface area contributed by atoms with Crippen LogP contribution in [0.1, 0.15) is 64.1 Å². The lowest BCUT2D eigenvalue weighted by atomic mass is 9.82. The van der Waals surface area contributed by atoms with Crippen molar-refractivity contribution in [3.63, 3.8) is 0 Å². The van der Waals surface area contributed by atoms with E-state index in [1.807, 2.05) is 0 Å². The van der Waals surface area contributed by atoms with Gasteiger partial charge in [0.2, 0.25) is 5.91 Å². The summed E-state index contributed by atoms with van der Waals surface area (Å²) < 4.78 is 0. The first-order valence-electron chi connectivity index (χ1n) is 10.1. The van der Waals surface area contributed by atoms with Gasteiger partial charge in [0, 0.05) is 39.3 Å². The topological polar surface area (TPSA) is 104 Å². The molecule has 0 aliphatic rings. The molecule has 164 valence electrons. The lowest BCUT2D eigenvalue weighted by Gasteiger charge is -2.23. The van der Waals surface area contributed by atoms with Gasteiger partial charge in [-0.25, -0.2) is 0 Å². The number of anilines is 1. The first kappa shape index (κ1) is 22.7. The Morgan fingerprint density at radius 1 is 0.844 bits per heavy atom. The number of carbonyl (C=O) groups excluding carboxylic acids is 3. The summed E-state index contributed by atoms with van der Waals surface area (Å²) in [4.78, 5) is 35.2. The van der Waals surface area contributed by atoms with Crippen LogP contribution >= 0.6 is 0 Å². The standard InChI is InChI=1S/C26H25NO5/c1-26(2,3)25(32)27-19-6-4-5-18(13-19)24(20-11-16(14-28)7-9-22(20)30)21-12-17(15-29)8-10-23(21)31/h4-15,24,30-31H,1-3H3,(H,27,32). The molecule has 3 N–H and O–H groups in total. The van der Waals surface area contributed by atoms with Gasteiger partial charge in [-0.05, 0) is 54.1 Å². The Kier molecular flexibility index (Phi) is 6.44. The van der Waals surface area contributed by atoms with Gasteiger partial charge < -0.3 is 15.5 Å². The quantitative estimate of drug-likeness (QED) is 0.381. The van der Waals surface area contributed by atoms with E-state index in [2.05, 4.69) is 5.32 Å². The zero-order chi connectivity index (χ0) is 23.5. The Morgan fingerprint density at radius 2 is 1.38 bits per heavy atom. The molecule has 0 saturated heterocycles. The molecular weight excluding hydrogens is 406 g/mol. The van der Waals surface area contributed by atoms with Crippen molar-refractivity contribution in [1.82, 2.24) is 0 Å². The summed E-state index contributed by atoms with van der Waals surface area (Å²) in [6.45, 7) is 5.42. The average molecular weight is 431 g/mol. The highest BCUT2D eigenvalue weighted by Crippen LogP contribution is 2.41. The summed E-state index contributed by atoms with van der Waals surface area (Å²) in [5.41, 5.74) is 2.07. The first-order chi connectivity index (χ1) is 15.1. The Bertz CT molecular complexity index is 1120. The van der Waals surface area contributed by atoms with Crippen molar-refractivity contribution in [2.45, 2.75) is 26.7 Å². The molecule has 6 nitrogen and oxygen atoms in total. The maximum atomic E-state index is 12.5. The molecule has 0 aliphatic carbocycles. The zero-order valence-electron chi connectivity index (χ0n) is 18.1. The highest BCUT2D eigenvalue weighted by atomic mass is 16.3. The molecule has 6 heteroatoms. The van der Waals surface area contributed by atoms with Crippen LogP contribution in [-0.2, 0) is 4.79 Å². The van der Waals surface area contributed by atoms with E-state index in [4.69, 9.17) is 0 Å². The van der Waals surface area contributed by atoms with Crippen LogP contribution in [0.5, 0.6) is 11.5 Å². The number of hydrogen-bond acceptors (Lipinski definition) is 5. The van der Waals surface area contributed by atoms with Crippen LogP contribution in [0.15, 0.2) is 60.7 Å². The van der Waals surface area contributed by atoms with Crippen LogP contribution in [0.2, 0.25) is 0 Å². The van der Waals surface area contributed by atoms with Crippen LogP contribution in [-0.4, -0.2) is 28.7 Å². The number of aldehydes is 2. The maximum absolute atomic E-state index is 12.5. The number of benzene rings is 3. The van der Waals surface area contributed by atoms with Crippen molar-refractivity contribution < 1.29 is 24.6 Å². The molecule has 0 aromatic heterocycles. The Labute approximate surface area is 186 Å². The molecule has 3 aromatic rings. The molecule has 0 fully saturated rings. The molecule has 3 aromatic carbocycles. The highest BCUT2D eigenvalue weighted by Gasteiger charge is 2.25. The molecule has 3 rings (SSSR count). The number of phenols is 2. The smallest absolute Gasteiger partial charge is 0.229 e. The normalized spacial score (nSPS) is 11.2. The summed E-state index contributed by atoms with van der Waals surface area (Å²) in [6.07, 6.45) is 1.34. The van der Waals surface area contributed by atoms with Crippen LogP contribution < -0.4 is 5.32 Å². The zero-order valence-corrected chi connectivity index (χ0v) is 18.1. The van der Waals surface area contributed by atoms with Crippen molar-refractivity contribution >= 4 is 24.2 Å². The van der Waals surface area contributed by atoms with Gasteiger partial charge in [-0.15, -0.1) is 0 Å². The number of aromatic hydroxyl groups is 2. The van der Waals surface area contributed by atoms with Gasteiger partial charge in [-0.3, -0.25) is 14.4 Å². The molecule has 32 heavy (non-hydrogen) atoms. The second-order valence-corrected chi connectivity index (χ2v) is 8.63. The SMILES string of the molecule is CC(C)(C)C(=O)Nc1cccc(C(c2cc(C=O)ccc2O)c2cc(C=O)ccc2O)c1. The summed E-state index contributed by atoms with van der Waals surface area (Å²) in [6, 6.07) is 15.9. The number of rotatable bonds is 6. The number of hydrogen-bond donors (Lipinski definition) is 3. The predicted molar refractivity (Wildman–Crippen MR) is 122 cm³/mol. The number of nitrogens with one attached hydrogen (secondary N) is 1. The lowest BCUT2D eigenvalue weighted by Crippen LogP contribution is -2.27. The van der Waals surface area contributed by atoms with Crippen molar-refractivity contribution in [2.75, 3.05) is 5.32 Å². The van der Waals surface area contributed by atoms with Gasteiger partial charge >= 0.3 is 0 Å². The largest absolute Gasteiger partial charge is 0.508 e. The van der Waals surface area contributed by atoms with Gasteiger partial charge in [0.15, 0.2) is 0 Å².